The van der Waals surface area contributed by atoms with Gasteiger partial charge >= 0.3 is 0 Å². The van der Waals surface area contributed by atoms with Gasteiger partial charge in [0, 0.05) is 24.0 Å². The summed E-state index contributed by atoms with van der Waals surface area (Å²) in [5, 5.41) is 27.2. The first-order valence-corrected chi connectivity index (χ1v) is 11.0. The van der Waals surface area contributed by atoms with Crippen LogP contribution in [0.5, 0.6) is 0 Å². The average molecular weight is 508 g/mol. The third kappa shape index (κ3) is 3.12. The Morgan fingerprint density at radius 1 is 1.39 bits per heavy atom. The number of halogens is 2. The van der Waals surface area contributed by atoms with E-state index >= 15 is 0 Å². The predicted molar refractivity (Wildman–Crippen MR) is 117 cm³/mol. The summed E-state index contributed by atoms with van der Waals surface area (Å²) < 4.78 is 2.67. The first-order valence-electron chi connectivity index (χ1n) is 9.83. The molecule has 0 bridgehead atoms. The van der Waals surface area contributed by atoms with Gasteiger partial charge in [0.1, 0.15) is 6.10 Å². The number of aliphatic hydroxyl groups excluding tert-OH is 2. The number of carbonyl (C=O) groups is 1. The van der Waals surface area contributed by atoms with Gasteiger partial charge in [0.2, 0.25) is 11.2 Å². The number of fused-ring (bicyclic) bond motifs is 2. The zero-order valence-corrected chi connectivity index (χ0v) is 18.8. The number of rotatable bonds is 5. The van der Waals surface area contributed by atoms with Crippen LogP contribution in [0.4, 0.5) is 5.82 Å². The molecule has 2 saturated carbocycles. The molecule has 162 valence electrons. The van der Waals surface area contributed by atoms with Crippen molar-refractivity contribution in [3.63, 3.8) is 0 Å². The fourth-order valence-electron chi connectivity index (χ4n) is 4.85. The van der Waals surface area contributed by atoms with Crippen molar-refractivity contribution in [1.82, 2.24) is 24.8 Å². The average Bonchev–Trinajstić information content (AvgIpc) is 3.29. The van der Waals surface area contributed by atoms with Crippen molar-refractivity contribution in [2.75, 3.05) is 12.4 Å². The number of hydrogen-bond donors (Lipinski definition) is 4. The van der Waals surface area contributed by atoms with Gasteiger partial charge in [0.25, 0.3) is 0 Å². The monoisotopic (exact) mass is 506 g/mol. The topological polar surface area (TPSA) is 125 Å². The van der Waals surface area contributed by atoms with Gasteiger partial charge in [-0.1, -0.05) is 28.1 Å². The summed E-state index contributed by atoms with van der Waals surface area (Å²) in [6.07, 6.45) is -0.243. The lowest BCUT2D eigenvalue weighted by molar-refractivity contribution is -0.132. The Bertz CT molecular complexity index is 1190. The quantitative estimate of drug-likeness (QED) is 0.389. The van der Waals surface area contributed by atoms with Gasteiger partial charge in [0.05, 0.1) is 23.9 Å². The van der Waals surface area contributed by atoms with E-state index in [1.807, 2.05) is 24.3 Å². The first kappa shape index (κ1) is 20.6. The molecule has 2 fully saturated rings. The van der Waals surface area contributed by atoms with Gasteiger partial charge in [-0.15, -0.1) is 0 Å². The van der Waals surface area contributed by atoms with Crippen molar-refractivity contribution >= 4 is 50.4 Å². The maximum Gasteiger partial charge on any atom is 0.229 e. The third-order valence-corrected chi connectivity index (χ3v) is 7.05. The molecule has 2 aliphatic rings. The minimum atomic E-state index is -1.16. The number of benzene rings is 1. The first-order chi connectivity index (χ1) is 14.9. The van der Waals surface area contributed by atoms with Crippen molar-refractivity contribution in [2.24, 2.45) is 11.3 Å². The number of amides is 1. The summed E-state index contributed by atoms with van der Waals surface area (Å²) in [6.45, 7) is 0.502. The molecule has 9 nitrogen and oxygen atoms in total. The molecule has 0 radical (unpaired) electrons. The van der Waals surface area contributed by atoms with E-state index in [-0.39, 0.29) is 17.1 Å². The van der Waals surface area contributed by atoms with Crippen LogP contribution in [0.1, 0.15) is 18.0 Å². The molecule has 2 aromatic heterocycles. The van der Waals surface area contributed by atoms with Crippen molar-refractivity contribution in [3.8, 4) is 0 Å². The van der Waals surface area contributed by atoms with Gasteiger partial charge in [-0.3, -0.25) is 4.79 Å². The molecule has 0 unspecified atom stereocenters. The standard InChI is InChI=1S/C20H20BrClN6O3/c1-23-18(31)20-6-11(20)13(14(29)15(20)30)28-8-25-12-16(26-19(22)27-17(12)28)24-7-9-3-2-4-10(21)5-9/h2-5,8,11,13-15,29-30H,6-7H2,1H3,(H,23,31)(H,24,26,27)/t11-,13-,14+,15+,20+/m1/s1. The van der Waals surface area contributed by atoms with Crippen LogP contribution in [0, 0.1) is 11.3 Å². The lowest BCUT2D eigenvalue weighted by Crippen LogP contribution is -2.41. The molecule has 5 atom stereocenters. The Morgan fingerprint density at radius 2 is 2.19 bits per heavy atom. The molecule has 5 rings (SSSR count). The predicted octanol–water partition coefficient (Wildman–Crippen LogP) is 1.88. The largest absolute Gasteiger partial charge is 0.389 e. The minimum absolute atomic E-state index is 0.0346. The van der Waals surface area contributed by atoms with Crippen LogP contribution in [0.3, 0.4) is 0 Å². The molecule has 31 heavy (non-hydrogen) atoms. The van der Waals surface area contributed by atoms with Gasteiger partial charge in [0.15, 0.2) is 17.0 Å². The highest BCUT2D eigenvalue weighted by Gasteiger charge is 2.75. The zero-order valence-electron chi connectivity index (χ0n) is 16.5. The smallest absolute Gasteiger partial charge is 0.229 e. The zero-order chi connectivity index (χ0) is 21.9. The van der Waals surface area contributed by atoms with Crippen molar-refractivity contribution in [1.29, 1.82) is 0 Å². The molecular formula is C20H20BrClN6O3. The number of anilines is 1. The molecule has 0 aliphatic heterocycles. The van der Waals surface area contributed by atoms with Crippen molar-refractivity contribution in [2.45, 2.75) is 31.2 Å². The SMILES string of the molecule is CNC(=O)[C@@]12C[C@@H]1[C@@H](n1cnc3c(NCc4cccc(Br)c4)nc(Cl)nc31)[C@H](O)[C@@H]2O. The van der Waals surface area contributed by atoms with Gasteiger partial charge in [-0.05, 0) is 35.7 Å². The number of aliphatic hydroxyl groups is 2. The number of nitrogens with one attached hydrogen (secondary N) is 2. The Morgan fingerprint density at radius 3 is 2.94 bits per heavy atom. The fraction of sp³-hybridized carbons (Fsp3) is 0.400. The van der Waals surface area contributed by atoms with E-state index in [0.29, 0.717) is 29.9 Å². The van der Waals surface area contributed by atoms with E-state index in [0.717, 1.165) is 10.0 Å². The van der Waals surface area contributed by atoms with Crippen LogP contribution in [0.2, 0.25) is 5.28 Å². The summed E-state index contributed by atoms with van der Waals surface area (Å²) >= 11 is 9.65. The van der Waals surface area contributed by atoms with Crippen LogP contribution < -0.4 is 10.6 Å². The number of aromatic nitrogens is 4. The highest BCUT2D eigenvalue weighted by molar-refractivity contribution is 9.10. The van der Waals surface area contributed by atoms with Gasteiger partial charge in [-0.2, -0.15) is 9.97 Å². The van der Waals surface area contributed by atoms with E-state index in [1.54, 1.807) is 10.9 Å². The maximum atomic E-state index is 12.4. The third-order valence-electron chi connectivity index (χ3n) is 6.39. The van der Waals surface area contributed by atoms with E-state index in [1.165, 1.54) is 7.05 Å². The summed E-state index contributed by atoms with van der Waals surface area (Å²) in [7, 11) is 1.53. The normalized spacial score (nSPS) is 29.1. The van der Waals surface area contributed by atoms with Crippen LogP contribution in [0.25, 0.3) is 11.2 Å². The van der Waals surface area contributed by atoms with E-state index < -0.39 is 23.7 Å². The van der Waals surface area contributed by atoms with E-state index in [9.17, 15) is 15.0 Å². The van der Waals surface area contributed by atoms with Crippen LogP contribution in [-0.2, 0) is 11.3 Å². The fourth-order valence-corrected chi connectivity index (χ4v) is 5.46. The second kappa shape index (κ2) is 7.40. The number of hydrogen-bond acceptors (Lipinski definition) is 7. The lowest BCUT2D eigenvalue weighted by atomic mass is 9.98. The maximum absolute atomic E-state index is 12.4. The highest BCUT2D eigenvalue weighted by atomic mass is 79.9. The second-order valence-electron chi connectivity index (χ2n) is 8.00. The van der Waals surface area contributed by atoms with Gasteiger partial charge < -0.3 is 25.4 Å². The summed E-state index contributed by atoms with van der Waals surface area (Å²) in [6, 6.07) is 7.33. The van der Waals surface area contributed by atoms with Crippen LogP contribution in [-0.4, -0.2) is 54.9 Å². The Hall–Kier alpha value is -2.27. The summed E-state index contributed by atoms with van der Waals surface area (Å²) in [5.74, 6) is -0.0169. The molecule has 2 aliphatic carbocycles. The van der Waals surface area contributed by atoms with E-state index in [2.05, 4.69) is 41.5 Å². The molecule has 1 aromatic carbocycles. The molecule has 11 heteroatoms. The van der Waals surface area contributed by atoms with Crippen molar-refractivity contribution < 1.29 is 15.0 Å². The highest BCUT2D eigenvalue weighted by Crippen LogP contribution is 2.67. The molecule has 0 spiro atoms. The molecule has 3 aromatic rings. The van der Waals surface area contributed by atoms with E-state index in [4.69, 9.17) is 11.6 Å². The Balaban J connectivity index is 1.49. The summed E-state index contributed by atoms with van der Waals surface area (Å²) in [5.41, 5.74) is 1.000. The van der Waals surface area contributed by atoms with Gasteiger partial charge in [-0.25, -0.2) is 4.98 Å². The van der Waals surface area contributed by atoms with Crippen molar-refractivity contribution in [3.05, 3.63) is 45.9 Å². The minimum Gasteiger partial charge on any atom is -0.389 e. The molecule has 0 saturated heterocycles. The van der Waals surface area contributed by atoms with Crippen LogP contribution in [0.15, 0.2) is 35.1 Å². The number of carbonyl (C=O) groups excluding carboxylic acids is 1. The molecule has 1 amide bonds. The Labute approximate surface area is 191 Å². The second-order valence-corrected chi connectivity index (χ2v) is 9.26. The lowest BCUT2D eigenvalue weighted by Gasteiger charge is -2.23. The molecule has 2 heterocycles. The number of imidazole rings is 1. The molecular weight excluding hydrogens is 488 g/mol. The molecule has 4 N–H and O–H groups in total. The van der Waals surface area contributed by atoms with Crippen LogP contribution >= 0.6 is 27.5 Å². The summed E-state index contributed by atoms with van der Waals surface area (Å²) in [4.78, 5) is 25.4. The Kier molecular flexibility index (Phi) is 4.93. The number of nitrogens with zero attached hydrogens (tertiary/aromatic N) is 4.